The molecule has 3 N–H and O–H groups in total. The Morgan fingerprint density at radius 1 is 1.56 bits per heavy atom. The number of carbonyl (C=O) groups excluding carboxylic acids is 1. The fourth-order valence-electron chi connectivity index (χ4n) is 1.86. The smallest absolute Gasteiger partial charge is 0.239 e. The van der Waals surface area contributed by atoms with Gasteiger partial charge >= 0.3 is 0 Å². The molecule has 0 saturated carbocycles. The lowest BCUT2D eigenvalue weighted by Crippen LogP contribution is -2.24. The van der Waals surface area contributed by atoms with Gasteiger partial charge in [-0.25, -0.2) is 4.98 Å². The lowest BCUT2D eigenvalue weighted by atomic mass is 10.3. The van der Waals surface area contributed by atoms with Crippen LogP contribution in [-0.4, -0.2) is 29.6 Å². The number of likely N-dealkylation sites (N-methyl/N-ethyl adjacent to an activating group) is 1. The molecule has 1 aromatic carbocycles. The summed E-state index contributed by atoms with van der Waals surface area (Å²) in [6, 6.07) is 5.52. The van der Waals surface area contributed by atoms with Crippen LogP contribution in [0.3, 0.4) is 0 Å². The zero-order valence-electron chi connectivity index (χ0n) is 10.4. The highest BCUT2D eigenvalue weighted by Gasteiger charge is 2.14. The van der Waals surface area contributed by atoms with Crippen LogP contribution in [0.5, 0.6) is 0 Å². The zero-order chi connectivity index (χ0) is 13.1. The number of carbonyl (C=O) groups is 1. The lowest BCUT2D eigenvalue weighted by molar-refractivity contribution is -0.121. The second kappa shape index (κ2) is 5.05. The summed E-state index contributed by atoms with van der Waals surface area (Å²) in [7, 11) is 3.19. The number of amides is 1. The Labute approximate surface area is 105 Å². The molecule has 0 bridgehead atoms. The van der Waals surface area contributed by atoms with Gasteiger partial charge in [-0.2, -0.15) is 0 Å². The van der Waals surface area contributed by atoms with Crippen LogP contribution < -0.4 is 11.1 Å². The summed E-state index contributed by atoms with van der Waals surface area (Å²) in [5.41, 5.74) is 8.02. The number of aromatic nitrogens is 2. The fraction of sp³-hybridized carbons (Fsp3) is 0.333. The molecule has 0 spiro atoms. The lowest BCUT2D eigenvalue weighted by Gasteiger charge is -2.07. The Balaban J connectivity index is 2.55. The second-order valence-electron chi connectivity index (χ2n) is 3.94. The first kappa shape index (κ1) is 12.4. The van der Waals surface area contributed by atoms with Gasteiger partial charge in [0.25, 0.3) is 0 Å². The van der Waals surface area contributed by atoms with Crippen molar-refractivity contribution in [2.75, 3.05) is 19.9 Å². The van der Waals surface area contributed by atoms with E-state index in [1.165, 1.54) is 0 Å². The Hall–Kier alpha value is -2.08. The number of nitrogens with two attached hydrogens (primary N) is 1. The van der Waals surface area contributed by atoms with Gasteiger partial charge in [-0.1, -0.05) is 6.07 Å². The highest BCUT2D eigenvalue weighted by molar-refractivity contribution is 5.89. The van der Waals surface area contributed by atoms with Crippen LogP contribution in [0.4, 0.5) is 5.69 Å². The topological polar surface area (TPSA) is 82.2 Å². The quantitative estimate of drug-likeness (QED) is 0.772. The third-order valence-corrected chi connectivity index (χ3v) is 2.74. The molecule has 6 heteroatoms. The molecule has 0 saturated heterocycles. The number of nitrogens with one attached hydrogen (secondary N) is 1. The van der Waals surface area contributed by atoms with Gasteiger partial charge in [0.2, 0.25) is 5.91 Å². The van der Waals surface area contributed by atoms with Gasteiger partial charge in [0.15, 0.2) is 0 Å². The number of anilines is 1. The SMILES string of the molecule is CNC(=O)Cn1c(COC)nc2c(N)cccc21. The normalized spacial score (nSPS) is 10.8. The van der Waals surface area contributed by atoms with Gasteiger partial charge in [0, 0.05) is 14.2 Å². The van der Waals surface area contributed by atoms with Crippen LogP contribution in [0.1, 0.15) is 5.82 Å². The number of ether oxygens (including phenoxy) is 1. The number of nitrogens with zero attached hydrogens (tertiary/aromatic N) is 2. The summed E-state index contributed by atoms with van der Waals surface area (Å²) < 4.78 is 6.91. The first-order valence-electron chi connectivity index (χ1n) is 5.60. The van der Waals surface area contributed by atoms with Crippen molar-refractivity contribution < 1.29 is 9.53 Å². The van der Waals surface area contributed by atoms with Gasteiger partial charge in [0.05, 0.1) is 11.2 Å². The molecule has 6 nitrogen and oxygen atoms in total. The molecule has 1 heterocycles. The van der Waals surface area contributed by atoms with E-state index in [4.69, 9.17) is 10.5 Å². The van der Waals surface area contributed by atoms with Crippen molar-refractivity contribution >= 4 is 22.6 Å². The molecule has 2 aromatic rings. The predicted molar refractivity (Wildman–Crippen MR) is 68.9 cm³/mol. The minimum Gasteiger partial charge on any atom is -0.397 e. The van der Waals surface area contributed by atoms with Crippen LogP contribution in [0, 0.1) is 0 Å². The third kappa shape index (κ3) is 2.14. The number of imidazole rings is 1. The number of para-hydroxylation sites is 1. The summed E-state index contributed by atoms with van der Waals surface area (Å²) >= 11 is 0. The van der Waals surface area contributed by atoms with E-state index >= 15 is 0 Å². The summed E-state index contributed by atoms with van der Waals surface area (Å²) in [5.74, 6) is 0.600. The molecule has 0 aliphatic rings. The number of nitrogen functional groups attached to an aromatic ring is 1. The molecule has 96 valence electrons. The van der Waals surface area contributed by atoms with Gasteiger partial charge in [0.1, 0.15) is 24.5 Å². The van der Waals surface area contributed by atoms with Crippen molar-refractivity contribution in [2.45, 2.75) is 13.2 Å². The highest BCUT2D eigenvalue weighted by atomic mass is 16.5. The second-order valence-corrected chi connectivity index (χ2v) is 3.94. The molecule has 2 rings (SSSR count). The fourth-order valence-corrected chi connectivity index (χ4v) is 1.86. The van der Waals surface area contributed by atoms with Crippen molar-refractivity contribution in [3.05, 3.63) is 24.0 Å². The number of methoxy groups -OCH3 is 1. The standard InChI is InChI=1S/C12H16N4O2/c1-14-11(17)6-16-9-5-3-4-8(13)12(9)15-10(16)7-18-2/h3-5H,6-7,13H2,1-2H3,(H,14,17). The summed E-state index contributed by atoms with van der Waals surface area (Å²) in [5, 5.41) is 2.59. The van der Waals surface area contributed by atoms with E-state index < -0.39 is 0 Å². The van der Waals surface area contributed by atoms with E-state index in [1.54, 1.807) is 20.2 Å². The number of rotatable bonds is 4. The van der Waals surface area contributed by atoms with Gasteiger partial charge in [-0.15, -0.1) is 0 Å². The Morgan fingerprint density at radius 2 is 2.33 bits per heavy atom. The summed E-state index contributed by atoms with van der Waals surface area (Å²) in [6.45, 7) is 0.542. The van der Waals surface area contributed by atoms with Gasteiger partial charge in [-0.3, -0.25) is 4.79 Å². The molecule has 1 aromatic heterocycles. The van der Waals surface area contributed by atoms with E-state index in [0.29, 0.717) is 23.6 Å². The number of fused-ring (bicyclic) bond motifs is 1. The molecular formula is C12H16N4O2. The van der Waals surface area contributed by atoms with E-state index in [2.05, 4.69) is 10.3 Å². The van der Waals surface area contributed by atoms with E-state index in [-0.39, 0.29) is 12.5 Å². The van der Waals surface area contributed by atoms with E-state index in [9.17, 15) is 4.79 Å². The van der Waals surface area contributed by atoms with Crippen LogP contribution >= 0.6 is 0 Å². The average molecular weight is 248 g/mol. The number of hydrogen-bond acceptors (Lipinski definition) is 4. The number of benzene rings is 1. The minimum atomic E-state index is -0.0888. The predicted octanol–water partition coefficient (Wildman–Crippen LogP) is 0.511. The Bertz CT molecular complexity index is 577. The monoisotopic (exact) mass is 248 g/mol. The van der Waals surface area contributed by atoms with Crippen molar-refractivity contribution in [1.29, 1.82) is 0 Å². The average Bonchev–Trinajstić information content (AvgIpc) is 2.70. The van der Waals surface area contributed by atoms with Crippen LogP contribution in [-0.2, 0) is 22.7 Å². The zero-order valence-corrected chi connectivity index (χ0v) is 10.4. The minimum absolute atomic E-state index is 0.0888. The molecular weight excluding hydrogens is 232 g/mol. The first-order chi connectivity index (χ1) is 8.67. The largest absolute Gasteiger partial charge is 0.397 e. The van der Waals surface area contributed by atoms with E-state index in [1.807, 2.05) is 16.7 Å². The summed E-state index contributed by atoms with van der Waals surface area (Å²) in [6.07, 6.45) is 0. The van der Waals surface area contributed by atoms with Crippen LogP contribution in [0.15, 0.2) is 18.2 Å². The molecule has 0 radical (unpaired) electrons. The number of hydrogen-bond donors (Lipinski definition) is 2. The maximum Gasteiger partial charge on any atom is 0.239 e. The van der Waals surface area contributed by atoms with Gasteiger partial charge < -0.3 is 20.4 Å². The first-order valence-corrected chi connectivity index (χ1v) is 5.60. The van der Waals surface area contributed by atoms with Crippen molar-refractivity contribution in [2.24, 2.45) is 0 Å². The molecule has 18 heavy (non-hydrogen) atoms. The molecule has 0 unspecified atom stereocenters. The molecule has 1 amide bonds. The third-order valence-electron chi connectivity index (χ3n) is 2.74. The maximum absolute atomic E-state index is 11.5. The Morgan fingerprint density at radius 3 is 3.00 bits per heavy atom. The van der Waals surface area contributed by atoms with Gasteiger partial charge in [-0.05, 0) is 12.1 Å². The van der Waals surface area contributed by atoms with Crippen molar-refractivity contribution in [3.63, 3.8) is 0 Å². The highest BCUT2D eigenvalue weighted by Crippen LogP contribution is 2.22. The molecule has 0 aliphatic heterocycles. The molecule has 0 aliphatic carbocycles. The van der Waals surface area contributed by atoms with Crippen LogP contribution in [0.2, 0.25) is 0 Å². The van der Waals surface area contributed by atoms with Crippen molar-refractivity contribution in [1.82, 2.24) is 14.9 Å². The van der Waals surface area contributed by atoms with E-state index in [0.717, 1.165) is 5.52 Å². The summed E-state index contributed by atoms with van der Waals surface area (Å²) in [4.78, 5) is 16.0. The maximum atomic E-state index is 11.5. The molecule has 0 fully saturated rings. The Kier molecular flexibility index (Phi) is 3.47. The van der Waals surface area contributed by atoms with Crippen LogP contribution in [0.25, 0.3) is 11.0 Å². The molecule has 0 atom stereocenters. The van der Waals surface area contributed by atoms with Crippen molar-refractivity contribution in [3.8, 4) is 0 Å².